The molecule has 1 atom stereocenters. The molecule has 1 fully saturated rings. The predicted molar refractivity (Wildman–Crippen MR) is 128 cm³/mol. The minimum atomic E-state index is -0.235. The standard InChI is InChI=1S/C24H34N6O2/c1-17-8-9-18(14-21(17)32-3)10-12-28-24(26-2)29-15-19-6-4-11-27-23(19)30-13-5-7-20(16-30)22(25)31/h4,6,8-9,11,14,20H,5,7,10,12-13,15-16H2,1-3H3,(H2,25,31)(H2,26,28,29). The van der Waals surface area contributed by atoms with Gasteiger partial charge in [0, 0.05) is 45.0 Å². The minimum absolute atomic E-state index is 0.124. The van der Waals surface area contributed by atoms with Gasteiger partial charge in [-0.25, -0.2) is 4.98 Å². The van der Waals surface area contributed by atoms with Crippen molar-refractivity contribution in [3.05, 3.63) is 53.2 Å². The number of carbonyl (C=O) groups excluding carboxylic acids is 1. The second-order valence-electron chi connectivity index (χ2n) is 8.08. The van der Waals surface area contributed by atoms with Gasteiger partial charge in [0.25, 0.3) is 0 Å². The summed E-state index contributed by atoms with van der Waals surface area (Å²) >= 11 is 0. The van der Waals surface area contributed by atoms with Crippen molar-refractivity contribution in [1.29, 1.82) is 0 Å². The number of amides is 1. The van der Waals surface area contributed by atoms with Gasteiger partial charge in [0.2, 0.25) is 5.91 Å². The molecule has 1 amide bonds. The Morgan fingerprint density at radius 3 is 2.94 bits per heavy atom. The van der Waals surface area contributed by atoms with Crippen LogP contribution in [0.1, 0.15) is 29.5 Å². The van der Waals surface area contributed by atoms with Gasteiger partial charge in [-0.05, 0) is 49.4 Å². The number of hydrogen-bond acceptors (Lipinski definition) is 5. The molecule has 0 radical (unpaired) electrons. The highest BCUT2D eigenvalue weighted by Crippen LogP contribution is 2.24. The molecule has 2 heterocycles. The van der Waals surface area contributed by atoms with Crippen molar-refractivity contribution >= 4 is 17.7 Å². The Morgan fingerprint density at radius 2 is 2.19 bits per heavy atom. The lowest BCUT2D eigenvalue weighted by molar-refractivity contribution is -0.122. The maximum absolute atomic E-state index is 11.7. The van der Waals surface area contributed by atoms with Crippen molar-refractivity contribution in [3.63, 3.8) is 0 Å². The Balaban J connectivity index is 1.56. The molecule has 0 aliphatic carbocycles. The summed E-state index contributed by atoms with van der Waals surface area (Å²) in [6, 6.07) is 10.3. The van der Waals surface area contributed by atoms with E-state index < -0.39 is 0 Å². The first-order valence-electron chi connectivity index (χ1n) is 11.1. The van der Waals surface area contributed by atoms with Crippen molar-refractivity contribution in [2.75, 3.05) is 38.7 Å². The summed E-state index contributed by atoms with van der Waals surface area (Å²) in [6.45, 7) is 4.86. The number of aromatic nitrogens is 1. The molecule has 8 heteroatoms. The number of aryl methyl sites for hydroxylation is 1. The van der Waals surface area contributed by atoms with Gasteiger partial charge < -0.3 is 26.0 Å². The van der Waals surface area contributed by atoms with Crippen molar-refractivity contribution in [3.8, 4) is 5.75 Å². The lowest BCUT2D eigenvalue weighted by atomic mass is 9.97. The van der Waals surface area contributed by atoms with E-state index >= 15 is 0 Å². The van der Waals surface area contributed by atoms with Crippen LogP contribution in [0.5, 0.6) is 5.75 Å². The zero-order valence-corrected chi connectivity index (χ0v) is 19.2. The topological polar surface area (TPSA) is 105 Å². The molecule has 1 aromatic heterocycles. The number of piperidine rings is 1. The molecule has 1 unspecified atom stereocenters. The van der Waals surface area contributed by atoms with Gasteiger partial charge in [-0.1, -0.05) is 18.2 Å². The van der Waals surface area contributed by atoms with E-state index in [1.807, 2.05) is 13.0 Å². The number of hydrogen-bond donors (Lipinski definition) is 3. The number of rotatable bonds is 8. The van der Waals surface area contributed by atoms with E-state index in [0.29, 0.717) is 13.1 Å². The maximum Gasteiger partial charge on any atom is 0.222 e. The number of guanidine groups is 1. The van der Waals surface area contributed by atoms with E-state index in [1.54, 1.807) is 20.4 Å². The number of benzene rings is 1. The van der Waals surface area contributed by atoms with Gasteiger partial charge >= 0.3 is 0 Å². The molecule has 32 heavy (non-hydrogen) atoms. The van der Waals surface area contributed by atoms with Gasteiger partial charge in [-0.3, -0.25) is 9.79 Å². The zero-order chi connectivity index (χ0) is 22.9. The minimum Gasteiger partial charge on any atom is -0.496 e. The molecule has 2 aromatic rings. The van der Waals surface area contributed by atoms with Crippen LogP contribution in [-0.2, 0) is 17.8 Å². The lowest BCUT2D eigenvalue weighted by Crippen LogP contribution is -2.42. The highest BCUT2D eigenvalue weighted by atomic mass is 16.5. The van der Waals surface area contributed by atoms with E-state index in [9.17, 15) is 4.79 Å². The number of carbonyl (C=O) groups is 1. The summed E-state index contributed by atoms with van der Waals surface area (Å²) in [6.07, 6.45) is 4.42. The Hall–Kier alpha value is -3.29. The van der Waals surface area contributed by atoms with Crippen molar-refractivity contribution < 1.29 is 9.53 Å². The molecular formula is C24H34N6O2. The number of methoxy groups -OCH3 is 1. The quantitative estimate of drug-likeness (QED) is 0.430. The van der Waals surface area contributed by atoms with E-state index in [2.05, 4.69) is 49.8 Å². The first-order chi connectivity index (χ1) is 15.5. The number of nitrogens with one attached hydrogen (secondary N) is 2. The van der Waals surface area contributed by atoms with Gasteiger partial charge in [-0.15, -0.1) is 0 Å². The van der Waals surface area contributed by atoms with Crippen LogP contribution in [0.3, 0.4) is 0 Å². The Bertz CT molecular complexity index is 946. The number of nitrogens with zero attached hydrogens (tertiary/aromatic N) is 3. The van der Waals surface area contributed by atoms with E-state index in [4.69, 9.17) is 10.5 Å². The van der Waals surface area contributed by atoms with Crippen LogP contribution in [0.15, 0.2) is 41.5 Å². The van der Waals surface area contributed by atoms with Crippen molar-refractivity contribution in [1.82, 2.24) is 15.6 Å². The molecule has 0 bridgehead atoms. The van der Waals surface area contributed by atoms with Crippen molar-refractivity contribution in [2.45, 2.75) is 32.7 Å². The molecule has 4 N–H and O–H groups in total. The molecule has 172 valence electrons. The molecule has 3 rings (SSSR count). The summed E-state index contributed by atoms with van der Waals surface area (Å²) in [5.74, 6) is 2.17. The summed E-state index contributed by atoms with van der Waals surface area (Å²) in [5.41, 5.74) is 8.94. The third kappa shape index (κ3) is 6.12. The van der Waals surface area contributed by atoms with Crippen LogP contribution in [0.2, 0.25) is 0 Å². The molecule has 0 spiro atoms. The number of ether oxygens (including phenoxy) is 1. The van der Waals surface area contributed by atoms with E-state index in [0.717, 1.165) is 61.0 Å². The van der Waals surface area contributed by atoms with Gasteiger partial charge in [0.15, 0.2) is 5.96 Å². The smallest absolute Gasteiger partial charge is 0.222 e. The monoisotopic (exact) mass is 438 g/mol. The number of pyridine rings is 1. The maximum atomic E-state index is 11.7. The van der Waals surface area contributed by atoms with Crippen molar-refractivity contribution in [2.24, 2.45) is 16.6 Å². The van der Waals surface area contributed by atoms with Gasteiger partial charge in [0.1, 0.15) is 11.6 Å². The fourth-order valence-corrected chi connectivity index (χ4v) is 4.00. The average molecular weight is 439 g/mol. The molecular weight excluding hydrogens is 404 g/mol. The summed E-state index contributed by atoms with van der Waals surface area (Å²) in [7, 11) is 3.46. The zero-order valence-electron chi connectivity index (χ0n) is 19.2. The highest BCUT2D eigenvalue weighted by Gasteiger charge is 2.25. The SMILES string of the molecule is CN=C(NCCc1ccc(C)c(OC)c1)NCc1cccnc1N1CCCC(C(N)=O)C1. The fraction of sp³-hybridized carbons (Fsp3) is 0.458. The number of primary amides is 1. The highest BCUT2D eigenvalue weighted by molar-refractivity contribution is 5.80. The van der Waals surface area contributed by atoms with Crippen LogP contribution < -0.4 is 26.0 Å². The average Bonchev–Trinajstić information content (AvgIpc) is 2.82. The number of anilines is 1. The summed E-state index contributed by atoms with van der Waals surface area (Å²) in [4.78, 5) is 22.7. The molecule has 1 aromatic carbocycles. The first-order valence-corrected chi connectivity index (χ1v) is 11.1. The van der Waals surface area contributed by atoms with Crippen LogP contribution in [0, 0.1) is 12.8 Å². The van der Waals surface area contributed by atoms with Crippen LogP contribution in [0.4, 0.5) is 5.82 Å². The molecule has 1 saturated heterocycles. The molecule has 1 aliphatic rings. The van der Waals surface area contributed by atoms with Gasteiger partial charge in [0.05, 0.1) is 13.0 Å². The van der Waals surface area contributed by atoms with E-state index in [-0.39, 0.29) is 11.8 Å². The van der Waals surface area contributed by atoms with Crippen LogP contribution in [0.25, 0.3) is 0 Å². The largest absolute Gasteiger partial charge is 0.496 e. The molecule has 0 saturated carbocycles. The Morgan fingerprint density at radius 1 is 1.34 bits per heavy atom. The fourth-order valence-electron chi connectivity index (χ4n) is 4.00. The van der Waals surface area contributed by atoms with E-state index in [1.165, 1.54) is 5.56 Å². The molecule has 1 aliphatic heterocycles. The third-order valence-corrected chi connectivity index (χ3v) is 5.84. The number of nitrogens with two attached hydrogens (primary N) is 1. The van der Waals surface area contributed by atoms with Gasteiger partial charge in [-0.2, -0.15) is 0 Å². The first kappa shape index (κ1) is 23.4. The third-order valence-electron chi connectivity index (χ3n) is 5.84. The predicted octanol–water partition coefficient (Wildman–Crippen LogP) is 2.01. The summed E-state index contributed by atoms with van der Waals surface area (Å²) < 4.78 is 5.41. The normalized spacial score (nSPS) is 16.5. The Labute approximate surface area is 190 Å². The Kier molecular flexibility index (Phi) is 8.30. The second-order valence-corrected chi connectivity index (χ2v) is 8.08. The van der Waals surface area contributed by atoms with Crippen LogP contribution in [-0.4, -0.2) is 50.6 Å². The number of aliphatic imine (C=N–C) groups is 1. The summed E-state index contributed by atoms with van der Waals surface area (Å²) in [5, 5.41) is 6.74. The lowest BCUT2D eigenvalue weighted by Gasteiger charge is -2.33. The second kappa shape index (κ2) is 11.4. The molecule has 8 nitrogen and oxygen atoms in total. The van der Waals surface area contributed by atoms with Crippen LogP contribution >= 0.6 is 0 Å².